The zero-order valence-electron chi connectivity index (χ0n) is 11.1. The lowest BCUT2D eigenvalue weighted by molar-refractivity contribution is 0.0625. The van der Waals surface area contributed by atoms with Crippen molar-refractivity contribution in [3.63, 3.8) is 0 Å². The molecule has 1 aliphatic rings. The molecule has 1 aromatic heterocycles. The summed E-state index contributed by atoms with van der Waals surface area (Å²) in [5, 5.41) is 0. The third-order valence-corrected chi connectivity index (χ3v) is 3.88. The number of carbonyl (C=O) groups is 1. The Morgan fingerprint density at radius 1 is 1.50 bits per heavy atom. The van der Waals surface area contributed by atoms with Gasteiger partial charge in [-0.1, -0.05) is 0 Å². The zero-order valence-corrected chi connectivity index (χ0v) is 11.1. The van der Waals surface area contributed by atoms with E-state index in [2.05, 4.69) is 9.97 Å². The van der Waals surface area contributed by atoms with E-state index in [0.29, 0.717) is 29.7 Å². The number of rotatable bonds is 2. The van der Waals surface area contributed by atoms with Crippen molar-refractivity contribution in [3.05, 3.63) is 29.8 Å². The molecule has 1 saturated heterocycles. The van der Waals surface area contributed by atoms with Gasteiger partial charge in [0.25, 0.3) is 5.91 Å². The van der Waals surface area contributed by atoms with Gasteiger partial charge in [-0.15, -0.1) is 0 Å². The second kappa shape index (κ2) is 5.20. The molecule has 20 heavy (non-hydrogen) atoms. The van der Waals surface area contributed by atoms with E-state index in [1.807, 2.05) is 0 Å². The second-order valence-electron chi connectivity index (χ2n) is 5.14. The molecule has 1 aromatic carbocycles. The van der Waals surface area contributed by atoms with E-state index in [1.165, 1.54) is 18.5 Å². The smallest absolute Gasteiger partial charge is 0.256 e. The molecule has 2 heterocycles. The standard InChI is InChI=1S/C14H17FN4O/c15-9-5-11(13-12(6-9)17-8-18-13)14(20)19-4-2-1-3-10(19)7-16/h5-6,8,10H,1-4,7,16H2,(H,17,18). The maximum Gasteiger partial charge on any atom is 0.256 e. The number of imidazole rings is 1. The van der Waals surface area contributed by atoms with Crippen molar-refractivity contribution < 1.29 is 9.18 Å². The van der Waals surface area contributed by atoms with Crippen LogP contribution in [0.4, 0.5) is 4.39 Å². The van der Waals surface area contributed by atoms with E-state index in [9.17, 15) is 9.18 Å². The maximum absolute atomic E-state index is 13.6. The Morgan fingerprint density at radius 2 is 2.35 bits per heavy atom. The van der Waals surface area contributed by atoms with E-state index >= 15 is 0 Å². The number of hydrogen-bond donors (Lipinski definition) is 2. The summed E-state index contributed by atoms with van der Waals surface area (Å²) in [5.41, 5.74) is 7.10. The summed E-state index contributed by atoms with van der Waals surface area (Å²) in [6.45, 7) is 1.11. The molecule has 1 unspecified atom stereocenters. The highest BCUT2D eigenvalue weighted by molar-refractivity contribution is 6.05. The summed E-state index contributed by atoms with van der Waals surface area (Å²) in [4.78, 5) is 21.4. The molecule has 0 spiro atoms. The van der Waals surface area contributed by atoms with Crippen LogP contribution in [0.25, 0.3) is 11.0 Å². The minimum absolute atomic E-state index is 0.0357. The largest absolute Gasteiger partial charge is 0.344 e. The first-order chi connectivity index (χ1) is 9.70. The highest BCUT2D eigenvalue weighted by atomic mass is 19.1. The predicted octanol–water partition coefficient (Wildman–Crippen LogP) is 1.66. The number of H-pyrrole nitrogens is 1. The summed E-state index contributed by atoms with van der Waals surface area (Å²) < 4.78 is 13.6. The van der Waals surface area contributed by atoms with Crippen molar-refractivity contribution in [1.82, 2.24) is 14.9 Å². The third-order valence-electron chi connectivity index (χ3n) is 3.88. The van der Waals surface area contributed by atoms with Crippen molar-refractivity contribution in [2.24, 2.45) is 5.73 Å². The molecule has 106 valence electrons. The van der Waals surface area contributed by atoms with E-state index in [0.717, 1.165) is 19.3 Å². The quantitative estimate of drug-likeness (QED) is 0.876. The van der Waals surface area contributed by atoms with Crippen LogP contribution in [0.15, 0.2) is 18.5 Å². The van der Waals surface area contributed by atoms with Gasteiger partial charge in [-0.05, 0) is 31.4 Å². The molecule has 0 saturated carbocycles. The van der Waals surface area contributed by atoms with Crippen LogP contribution in [0, 0.1) is 5.82 Å². The number of aromatic amines is 1. The van der Waals surface area contributed by atoms with Crippen LogP contribution in [0.3, 0.4) is 0 Å². The first-order valence-corrected chi connectivity index (χ1v) is 6.84. The topological polar surface area (TPSA) is 75.0 Å². The van der Waals surface area contributed by atoms with Crippen molar-refractivity contribution in [3.8, 4) is 0 Å². The van der Waals surface area contributed by atoms with Gasteiger partial charge in [-0.2, -0.15) is 0 Å². The molecule has 0 radical (unpaired) electrons. The summed E-state index contributed by atoms with van der Waals surface area (Å²) in [6, 6.07) is 2.64. The second-order valence-corrected chi connectivity index (χ2v) is 5.14. The van der Waals surface area contributed by atoms with Crippen molar-refractivity contribution in [1.29, 1.82) is 0 Å². The summed E-state index contributed by atoms with van der Waals surface area (Å²) in [5.74, 6) is -0.622. The molecule has 1 amide bonds. The van der Waals surface area contributed by atoms with Gasteiger partial charge in [-0.3, -0.25) is 4.79 Å². The number of aromatic nitrogens is 2. The number of halogens is 1. The van der Waals surface area contributed by atoms with Gasteiger partial charge in [0.1, 0.15) is 11.3 Å². The van der Waals surface area contributed by atoms with Crippen LogP contribution >= 0.6 is 0 Å². The highest BCUT2D eigenvalue weighted by Crippen LogP contribution is 2.23. The van der Waals surface area contributed by atoms with Crippen LogP contribution in [0.2, 0.25) is 0 Å². The molecule has 0 bridgehead atoms. The first-order valence-electron chi connectivity index (χ1n) is 6.84. The molecule has 2 aromatic rings. The van der Waals surface area contributed by atoms with E-state index < -0.39 is 5.82 Å². The Morgan fingerprint density at radius 3 is 3.15 bits per heavy atom. The van der Waals surface area contributed by atoms with Gasteiger partial charge in [0.05, 0.1) is 17.4 Å². The van der Waals surface area contributed by atoms with Gasteiger partial charge >= 0.3 is 0 Å². The molecular weight excluding hydrogens is 259 g/mol. The maximum atomic E-state index is 13.6. The third kappa shape index (κ3) is 2.16. The number of piperidine rings is 1. The number of nitrogens with two attached hydrogens (primary N) is 1. The lowest BCUT2D eigenvalue weighted by Gasteiger charge is -2.35. The molecule has 1 atom stereocenters. The van der Waals surface area contributed by atoms with Crippen LogP contribution in [0.1, 0.15) is 29.6 Å². The minimum Gasteiger partial charge on any atom is -0.344 e. The Kier molecular flexibility index (Phi) is 3.40. The number of likely N-dealkylation sites (tertiary alicyclic amines) is 1. The average Bonchev–Trinajstić information content (AvgIpc) is 2.93. The Balaban J connectivity index is 2.01. The van der Waals surface area contributed by atoms with Gasteiger partial charge in [0.15, 0.2) is 0 Å². The normalized spacial score (nSPS) is 19.5. The molecule has 3 rings (SSSR count). The van der Waals surface area contributed by atoms with E-state index in [-0.39, 0.29) is 11.9 Å². The number of nitrogens with one attached hydrogen (secondary N) is 1. The van der Waals surface area contributed by atoms with Gasteiger partial charge in [0, 0.05) is 19.1 Å². The van der Waals surface area contributed by atoms with Crippen molar-refractivity contribution >= 4 is 16.9 Å². The Hall–Kier alpha value is -1.95. The number of fused-ring (bicyclic) bond motifs is 1. The zero-order chi connectivity index (χ0) is 14.1. The Labute approximate surface area is 116 Å². The molecule has 6 heteroatoms. The molecular formula is C14H17FN4O. The summed E-state index contributed by atoms with van der Waals surface area (Å²) >= 11 is 0. The van der Waals surface area contributed by atoms with Gasteiger partial charge in [0.2, 0.25) is 0 Å². The van der Waals surface area contributed by atoms with Crippen LogP contribution in [0.5, 0.6) is 0 Å². The lowest BCUT2D eigenvalue weighted by Crippen LogP contribution is -2.47. The van der Waals surface area contributed by atoms with Crippen LogP contribution < -0.4 is 5.73 Å². The fourth-order valence-electron chi connectivity index (χ4n) is 2.85. The SMILES string of the molecule is NCC1CCCCN1C(=O)c1cc(F)cc2[nH]cnc12. The lowest BCUT2D eigenvalue weighted by atomic mass is 10.0. The number of hydrogen-bond acceptors (Lipinski definition) is 3. The number of nitrogens with zero attached hydrogens (tertiary/aromatic N) is 2. The first kappa shape index (κ1) is 13.1. The molecule has 0 aliphatic carbocycles. The predicted molar refractivity (Wildman–Crippen MR) is 73.8 cm³/mol. The van der Waals surface area contributed by atoms with E-state index in [1.54, 1.807) is 4.90 Å². The fraction of sp³-hybridized carbons (Fsp3) is 0.429. The summed E-state index contributed by atoms with van der Waals surface area (Å²) in [6.07, 6.45) is 4.41. The number of carbonyl (C=O) groups excluding carboxylic acids is 1. The summed E-state index contributed by atoms with van der Waals surface area (Å²) in [7, 11) is 0. The van der Waals surface area contributed by atoms with E-state index in [4.69, 9.17) is 5.73 Å². The number of benzene rings is 1. The Bertz CT molecular complexity index is 639. The van der Waals surface area contributed by atoms with Gasteiger partial charge in [-0.25, -0.2) is 9.37 Å². The van der Waals surface area contributed by atoms with Crippen molar-refractivity contribution in [2.45, 2.75) is 25.3 Å². The minimum atomic E-state index is -0.439. The molecule has 3 N–H and O–H groups in total. The van der Waals surface area contributed by atoms with Gasteiger partial charge < -0.3 is 15.6 Å². The average molecular weight is 276 g/mol. The molecule has 5 nitrogen and oxygen atoms in total. The number of amides is 1. The van der Waals surface area contributed by atoms with Crippen LogP contribution in [-0.2, 0) is 0 Å². The van der Waals surface area contributed by atoms with Crippen molar-refractivity contribution in [2.75, 3.05) is 13.1 Å². The molecule has 1 aliphatic heterocycles. The molecule has 1 fully saturated rings. The fourth-order valence-corrected chi connectivity index (χ4v) is 2.85. The highest BCUT2D eigenvalue weighted by Gasteiger charge is 2.28. The monoisotopic (exact) mass is 276 g/mol. The van der Waals surface area contributed by atoms with Crippen LogP contribution in [-0.4, -0.2) is 39.9 Å².